The zero-order valence-corrected chi connectivity index (χ0v) is 21.1. The number of likely N-dealkylation sites (tertiary alicyclic amines) is 1. The lowest BCUT2D eigenvalue weighted by Gasteiger charge is -2.29. The molecule has 1 saturated heterocycles. The van der Waals surface area contributed by atoms with Gasteiger partial charge in [-0.15, -0.1) is 10.2 Å². The van der Waals surface area contributed by atoms with Crippen molar-refractivity contribution in [3.05, 3.63) is 40.9 Å². The molecule has 2 heterocycles. The van der Waals surface area contributed by atoms with Crippen molar-refractivity contribution in [1.82, 2.24) is 20.4 Å². The van der Waals surface area contributed by atoms with Gasteiger partial charge in [0.2, 0.25) is 11.0 Å². The number of anilines is 1. The third-order valence-corrected chi connectivity index (χ3v) is 6.60. The fourth-order valence-corrected chi connectivity index (χ4v) is 4.49. The van der Waals surface area contributed by atoms with E-state index in [1.807, 2.05) is 30.3 Å². The molecular formula is C24H34N8O3S. The number of aliphatic hydroxyl groups is 1. The van der Waals surface area contributed by atoms with Crippen LogP contribution in [-0.2, 0) is 22.4 Å². The van der Waals surface area contributed by atoms with Crippen molar-refractivity contribution >= 4 is 40.2 Å². The largest absolute Gasteiger partial charge is 0.393 e. The minimum absolute atomic E-state index is 0.0871. The Labute approximate surface area is 214 Å². The predicted octanol–water partition coefficient (Wildman–Crippen LogP) is 1.00. The number of carbonyl (C=O) groups is 2. The van der Waals surface area contributed by atoms with Gasteiger partial charge in [-0.2, -0.15) is 5.10 Å². The van der Waals surface area contributed by atoms with E-state index in [2.05, 4.69) is 35.8 Å². The van der Waals surface area contributed by atoms with Gasteiger partial charge in [0.25, 0.3) is 5.91 Å². The fraction of sp³-hybridized carbons (Fsp3) is 0.500. The number of piperidine rings is 1. The molecule has 1 aliphatic rings. The Kier molecular flexibility index (Phi) is 11.4. The molecule has 0 aliphatic carbocycles. The Balaban J connectivity index is 1.28. The lowest BCUT2D eigenvalue weighted by Crippen LogP contribution is -2.42. The van der Waals surface area contributed by atoms with Crippen molar-refractivity contribution in [3.8, 4) is 0 Å². The summed E-state index contributed by atoms with van der Waals surface area (Å²) in [5, 5.41) is 28.2. The zero-order chi connectivity index (χ0) is 25.6. The van der Waals surface area contributed by atoms with Gasteiger partial charge in [-0.1, -0.05) is 41.7 Å². The van der Waals surface area contributed by atoms with Gasteiger partial charge in [0.15, 0.2) is 5.71 Å². The molecule has 0 radical (unpaired) electrons. The number of aliphatic hydroxyl groups excluding tert-OH is 1. The summed E-state index contributed by atoms with van der Waals surface area (Å²) < 4.78 is 0. The lowest BCUT2D eigenvalue weighted by molar-refractivity contribution is -0.116. The summed E-state index contributed by atoms with van der Waals surface area (Å²) >= 11 is 1.37. The van der Waals surface area contributed by atoms with Crippen LogP contribution in [0.5, 0.6) is 0 Å². The van der Waals surface area contributed by atoms with Crippen LogP contribution in [0.25, 0.3) is 0 Å². The van der Waals surface area contributed by atoms with Gasteiger partial charge in [0.05, 0.1) is 18.7 Å². The molecule has 0 saturated carbocycles. The quantitative estimate of drug-likeness (QED) is 0.134. The number of hydrogen-bond acceptors (Lipinski definition) is 10. The van der Waals surface area contributed by atoms with Gasteiger partial charge in [-0.05, 0) is 31.2 Å². The molecular weight excluding hydrogens is 480 g/mol. The molecule has 36 heavy (non-hydrogen) atoms. The average molecular weight is 515 g/mol. The van der Waals surface area contributed by atoms with Crippen LogP contribution >= 0.6 is 11.3 Å². The van der Waals surface area contributed by atoms with Gasteiger partial charge in [0.1, 0.15) is 5.01 Å². The minimum Gasteiger partial charge on any atom is -0.393 e. The van der Waals surface area contributed by atoms with Crippen LogP contribution in [0.2, 0.25) is 0 Å². The molecule has 1 fully saturated rings. The lowest BCUT2D eigenvalue weighted by atomic mass is 10.1. The summed E-state index contributed by atoms with van der Waals surface area (Å²) in [7, 11) is 0. The number of hydrazone groups is 1. The molecule has 0 unspecified atom stereocenters. The fourth-order valence-electron chi connectivity index (χ4n) is 3.69. The summed E-state index contributed by atoms with van der Waals surface area (Å²) in [5.74, 6) is 4.88. The van der Waals surface area contributed by atoms with Crippen molar-refractivity contribution < 1.29 is 14.7 Å². The number of nitrogens with one attached hydrogen (secondary N) is 2. The van der Waals surface area contributed by atoms with Crippen molar-refractivity contribution in [2.45, 2.75) is 44.6 Å². The van der Waals surface area contributed by atoms with Crippen LogP contribution in [0.15, 0.2) is 40.4 Å². The van der Waals surface area contributed by atoms with E-state index in [0.717, 1.165) is 62.3 Å². The van der Waals surface area contributed by atoms with E-state index in [9.17, 15) is 14.7 Å². The first-order chi connectivity index (χ1) is 17.5. The Bertz CT molecular complexity index is 1020. The molecule has 0 bridgehead atoms. The highest BCUT2D eigenvalue weighted by atomic mass is 32.1. The monoisotopic (exact) mass is 514 g/mol. The molecule has 2 aromatic rings. The van der Waals surface area contributed by atoms with E-state index < -0.39 is 0 Å². The van der Waals surface area contributed by atoms with Crippen LogP contribution in [0.4, 0.5) is 5.13 Å². The minimum atomic E-state index is -0.353. The third kappa shape index (κ3) is 9.80. The highest BCUT2D eigenvalue weighted by Gasteiger charge is 2.17. The van der Waals surface area contributed by atoms with Gasteiger partial charge in [0, 0.05) is 39.1 Å². The summed E-state index contributed by atoms with van der Waals surface area (Å²) in [6, 6.07) is 9.54. The van der Waals surface area contributed by atoms with Crippen molar-refractivity contribution in [3.63, 3.8) is 0 Å². The zero-order valence-electron chi connectivity index (χ0n) is 20.3. The standard InChI is InChI=1S/C24H34N8O3S/c25-29-20(23(35)27-12-15-32-13-9-19(33)10-14-32)17-26-11-5-4-8-22-30-31-24(36-22)28-21(34)16-18-6-2-1-3-7-18/h1-3,6-7,17,19,33H,4-5,8-16,25H2,(H,27,35)(H,28,31,34). The molecule has 194 valence electrons. The van der Waals surface area contributed by atoms with E-state index in [1.54, 1.807) is 0 Å². The van der Waals surface area contributed by atoms with E-state index in [-0.39, 0.29) is 23.6 Å². The normalized spacial score (nSPS) is 15.3. The number of rotatable bonds is 13. The van der Waals surface area contributed by atoms with E-state index in [4.69, 9.17) is 5.84 Å². The van der Waals surface area contributed by atoms with Crippen LogP contribution in [0, 0.1) is 0 Å². The SMILES string of the molecule is NN=C(C=NCCCCc1nnc(NC(=O)Cc2ccccc2)s1)C(=O)NCCN1CCC(O)CC1. The number of unbranched alkanes of at least 4 members (excludes halogenated alkanes) is 1. The molecule has 5 N–H and O–H groups in total. The van der Waals surface area contributed by atoms with Crippen LogP contribution in [0.1, 0.15) is 36.3 Å². The van der Waals surface area contributed by atoms with Gasteiger partial charge >= 0.3 is 0 Å². The Morgan fingerprint density at radius 2 is 1.97 bits per heavy atom. The van der Waals surface area contributed by atoms with Crippen LogP contribution < -0.4 is 16.5 Å². The average Bonchev–Trinajstić information content (AvgIpc) is 3.32. The Hall–Kier alpha value is -3.22. The first kappa shape index (κ1) is 27.4. The molecule has 11 nitrogen and oxygen atoms in total. The number of amides is 2. The molecule has 0 atom stereocenters. The number of aryl methyl sites for hydroxylation is 1. The predicted molar refractivity (Wildman–Crippen MR) is 141 cm³/mol. The smallest absolute Gasteiger partial charge is 0.273 e. The third-order valence-electron chi connectivity index (χ3n) is 5.70. The number of nitrogens with zero attached hydrogens (tertiary/aromatic N) is 5. The van der Waals surface area contributed by atoms with E-state index >= 15 is 0 Å². The molecule has 2 amide bonds. The van der Waals surface area contributed by atoms with E-state index in [1.165, 1.54) is 17.6 Å². The maximum atomic E-state index is 12.2. The number of nitrogens with two attached hydrogens (primary N) is 1. The molecule has 1 aliphatic heterocycles. The van der Waals surface area contributed by atoms with Gasteiger partial charge in [-0.25, -0.2) is 0 Å². The summed E-state index contributed by atoms with van der Waals surface area (Å²) in [6.45, 7) is 3.40. The van der Waals surface area contributed by atoms with Crippen LogP contribution in [0.3, 0.4) is 0 Å². The number of carbonyl (C=O) groups excluding carboxylic acids is 2. The summed E-state index contributed by atoms with van der Waals surface area (Å²) in [6.07, 6.45) is 5.39. The highest BCUT2D eigenvalue weighted by molar-refractivity contribution is 7.15. The maximum Gasteiger partial charge on any atom is 0.273 e. The number of aromatic nitrogens is 2. The highest BCUT2D eigenvalue weighted by Crippen LogP contribution is 2.17. The summed E-state index contributed by atoms with van der Waals surface area (Å²) in [5.41, 5.74) is 1.03. The Morgan fingerprint density at radius 1 is 1.19 bits per heavy atom. The second-order valence-corrected chi connectivity index (χ2v) is 9.61. The molecule has 1 aromatic carbocycles. The molecule has 1 aromatic heterocycles. The van der Waals surface area contributed by atoms with Crippen molar-refractivity contribution in [2.24, 2.45) is 15.9 Å². The van der Waals surface area contributed by atoms with Crippen molar-refractivity contribution in [1.29, 1.82) is 0 Å². The van der Waals surface area contributed by atoms with Gasteiger partial charge in [-0.3, -0.25) is 14.6 Å². The molecule has 0 spiro atoms. The van der Waals surface area contributed by atoms with Crippen LogP contribution in [-0.4, -0.2) is 82.8 Å². The van der Waals surface area contributed by atoms with Gasteiger partial charge < -0.3 is 26.5 Å². The molecule has 3 rings (SSSR count). The van der Waals surface area contributed by atoms with Crippen molar-refractivity contribution in [2.75, 3.05) is 38.0 Å². The maximum absolute atomic E-state index is 12.2. The van der Waals surface area contributed by atoms with E-state index in [0.29, 0.717) is 24.6 Å². The second kappa shape index (κ2) is 15.0. The number of hydrogen-bond donors (Lipinski definition) is 4. The summed E-state index contributed by atoms with van der Waals surface area (Å²) in [4.78, 5) is 30.9. The second-order valence-electron chi connectivity index (χ2n) is 8.55. The number of benzene rings is 1. The Morgan fingerprint density at radius 3 is 2.72 bits per heavy atom. The topological polar surface area (TPSA) is 158 Å². The first-order valence-corrected chi connectivity index (χ1v) is 13.0. The molecule has 12 heteroatoms. The number of aliphatic imine (C=N–C) groups is 1. The first-order valence-electron chi connectivity index (χ1n) is 12.2.